The summed E-state index contributed by atoms with van der Waals surface area (Å²) < 4.78 is 5.92. The minimum Gasteiger partial charge on any atom is -0.497 e. The number of rotatable bonds is 7. The normalized spacial score (nSPS) is 20.0. The first-order valence-corrected chi connectivity index (χ1v) is 11.9. The number of carbonyl (C=O) groups excluding carboxylic acids is 1. The molecule has 1 aliphatic carbocycles. The van der Waals surface area contributed by atoms with Gasteiger partial charge in [0.1, 0.15) is 5.69 Å². The Balaban J connectivity index is 1.51. The summed E-state index contributed by atoms with van der Waals surface area (Å²) in [4.78, 5) is 16.5. The fraction of sp³-hybridized carbons (Fsp3) is 0.462. The van der Waals surface area contributed by atoms with Crippen molar-refractivity contribution >= 4 is 23.0 Å². The zero-order valence-corrected chi connectivity index (χ0v) is 19.5. The lowest BCUT2D eigenvalue weighted by atomic mass is 9.87. The second kappa shape index (κ2) is 9.39. The van der Waals surface area contributed by atoms with Crippen LogP contribution in [0.25, 0.3) is 0 Å². The van der Waals surface area contributed by atoms with Crippen LogP contribution in [0.2, 0.25) is 0 Å². The monoisotopic (exact) mass is 436 g/mol. The number of nitrogens with one attached hydrogen (secondary N) is 2. The van der Waals surface area contributed by atoms with Gasteiger partial charge in [-0.05, 0) is 49.3 Å². The summed E-state index contributed by atoms with van der Waals surface area (Å²) in [6, 6.07) is 11.0. The molecule has 1 aromatic heterocycles. The van der Waals surface area contributed by atoms with E-state index in [-0.39, 0.29) is 11.8 Å². The number of amides is 1. The van der Waals surface area contributed by atoms with Crippen LogP contribution in [0.5, 0.6) is 0 Å². The van der Waals surface area contributed by atoms with Gasteiger partial charge in [-0.3, -0.25) is 4.79 Å². The maximum absolute atomic E-state index is 12.6. The van der Waals surface area contributed by atoms with E-state index < -0.39 is 0 Å². The minimum atomic E-state index is -0.0495. The first-order valence-electron chi connectivity index (χ1n) is 11.4. The van der Waals surface area contributed by atoms with Gasteiger partial charge in [0.15, 0.2) is 0 Å². The van der Waals surface area contributed by atoms with Gasteiger partial charge in [-0.15, -0.1) is 0 Å². The fourth-order valence-electron chi connectivity index (χ4n) is 4.63. The SMILES string of the molecule is CCC(C)c1ccc(C2COC(C)=C2C(=S)c2c[nH]c(C(=O)NC3CCCC3)c2)cc1. The van der Waals surface area contributed by atoms with E-state index in [9.17, 15) is 4.79 Å². The van der Waals surface area contributed by atoms with Gasteiger partial charge in [0.2, 0.25) is 0 Å². The molecule has 31 heavy (non-hydrogen) atoms. The molecule has 2 unspecified atom stereocenters. The molecule has 1 aromatic carbocycles. The Morgan fingerprint density at radius 3 is 2.65 bits per heavy atom. The molecular formula is C26H32N2O2S. The van der Waals surface area contributed by atoms with Crippen LogP contribution in [0.4, 0.5) is 0 Å². The standard InChI is InChI=1S/C26H32N2O2S/c1-4-16(2)18-9-11-19(12-10-18)22-15-30-17(3)24(22)25(31)20-13-23(27-14-20)26(29)28-21-7-5-6-8-21/h9-14,16,21-22,27H,4-8,15H2,1-3H3,(H,28,29). The van der Waals surface area contributed by atoms with Crippen molar-refractivity contribution in [3.8, 4) is 0 Å². The third-order valence-corrected chi connectivity index (χ3v) is 7.29. The van der Waals surface area contributed by atoms with Gasteiger partial charge < -0.3 is 15.0 Å². The van der Waals surface area contributed by atoms with Crippen LogP contribution in [0, 0.1) is 0 Å². The molecule has 4 rings (SSSR count). The summed E-state index contributed by atoms with van der Waals surface area (Å²) >= 11 is 5.87. The Labute approximate surface area is 190 Å². The molecule has 2 N–H and O–H groups in total. The van der Waals surface area contributed by atoms with E-state index in [1.807, 2.05) is 19.2 Å². The highest BCUT2D eigenvalue weighted by Crippen LogP contribution is 2.37. The highest BCUT2D eigenvalue weighted by molar-refractivity contribution is 7.81. The Hall–Kier alpha value is -2.40. The highest BCUT2D eigenvalue weighted by atomic mass is 32.1. The molecule has 164 valence electrons. The Morgan fingerprint density at radius 2 is 1.97 bits per heavy atom. The van der Waals surface area contributed by atoms with Crippen LogP contribution in [-0.4, -0.2) is 28.4 Å². The molecule has 2 atom stereocenters. The molecule has 0 saturated heterocycles. The molecule has 0 spiro atoms. The molecular weight excluding hydrogens is 404 g/mol. The second-order valence-corrected chi connectivity index (χ2v) is 9.30. The number of hydrogen-bond donors (Lipinski definition) is 2. The number of carbonyl (C=O) groups is 1. The molecule has 1 aliphatic heterocycles. The Morgan fingerprint density at radius 1 is 1.26 bits per heavy atom. The zero-order valence-electron chi connectivity index (χ0n) is 18.7. The largest absolute Gasteiger partial charge is 0.497 e. The Bertz CT molecular complexity index is 983. The van der Waals surface area contributed by atoms with Gasteiger partial charge in [-0.1, -0.05) is 63.2 Å². The van der Waals surface area contributed by atoms with Crippen LogP contribution < -0.4 is 5.32 Å². The molecule has 1 saturated carbocycles. The second-order valence-electron chi connectivity index (χ2n) is 8.90. The number of aromatic amines is 1. The predicted molar refractivity (Wildman–Crippen MR) is 129 cm³/mol. The minimum absolute atomic E-state index is 0.0495. The van der Waals surface area contributed by atoms with Crippen LogP contribution in [-0.2, 0) is 4.74 Å². The first kappa shape index (κ1) is 21.8. The fourth-order valence-corrected chi connectivity index (χ4v) is 5.04. The van der Waals surface area contributed by atoms with Crippen LogP contribution in [0.3, 0.4) is 0 Å². The third-order valence-electron chi connectivity index (χ3n) is 6.84. The lowest BCUT2D eigenvalue weighted by Gasteiger charge is -2.16. The van der Waals surface area contributed by atoms with Crippen molar-refractivity contribution in [3.63, 3.8) is 0 Å². The van der Waals surface area contributed by atoms with Crippen molar-refractivity contribution in [2.24, 2.45) is 0 Å². The van der Waals surface area contributed by atoms with Gasteiger partial charge >= 0.3 is 0 Å². The lowest BCUT2D eigenvalue weighted by Crippen LogP contribution is -2.32. The summed E-state index contributed by atoms with van der Waals surface area (Å²) in [7, 11) is 0. The van der Waals surface area contributed by atoms with Gasteiger partial charge in [-0.25, -0.2) is 0 Å². The summed E-state index contributed by atoms with van der Waals surface area (Å²) in [5, 5.41) is 3.13. The highest BCUT2D eigenvalue weighted by Gasteiger charge is 2.31. The first-order chi connectivity index (χ1) is 15.0. The van der Waals surface area contributed by atoms with Gasteiger partial charge in [0.25, 0.3) is 5.91 Å². The number of H-pyrrole nitrogens is 1. The lowest BCUT2D eigenvalue weighted by molar-refractivity contribution is 0.0933. The molecule has 2 aromatic rings. The molecule has 1 amide bonds. The summed E-state index contributed by atoms with van der Waals surface area (Å²) in [6.07, 6.45) is 7.49. The predicted octanol–water partition coefficient (Wildman–Crippen LogP) is 6.01. The molecule has 5 heteroatoms. The van der Waals surface area contributed by atoms with E-state index in [2.05, 4.69) is 48.4 Å². The number of thiocarbonyl (C=S) groups is 1. The quantitative estimate of drug-likeness (QED) is 0.413. The topological polar surface area (TPSA) is 54.1 Å². The van der Waals surface area contributed by atoms with E-state index in [4.69, 9.17) is 17.0 Å². The molecule has 2 heterocycles. The maximum atomic E-state index is 12.6. The summed E-state index contributed by atoms with van der Waals surface area (Å²) in [6.45, 7) is 7.05. The van der Waals surface area contributed by atoms with Crippen LogP contribution in [0.15, 0.2) is 47.9 Å². The average molecular weight is 437 g/mol. The number of allylic oxidation sites excluding steroid dienone is 1. The van der Waals surface area contributed by atoms with Gasteiger partial charge in [-0.2, -0.15) is 0 Å². The van der Waals surface area contributed by atoms with Gasteiger partial charge in [0.05, 0.1) is 17.2 Å². The van der Waals surface area contributed by atoms with Crippen LogP contribution in [0.1, 0.15) is 91.9 Å². The summed E-state index contributed by atoms with van der Waals surface area (Å²) in [5.41, 5.74) is 5.06. The zero-order chi connectivity index (χ0) is 22.0. The van der Waals surface area contributed by atoms with E-state index in [0.717, 1.165) is 41.0 Å². The van der Waals surface area contributed by atoms with E-state index >= 15 is 0 Å². The molecule has 2 aliphatic rings. The van der Waals surface area contributed by atoms with Crippen molar-refractivity contribution in [2.75, 3.05) is 6.61 Å². The Kier molecular flexibility index (Phi) is 6.61. The molecule has 4 nitrogen and oxygen atoms in total. The van der Waals surface area contributed by atoms with Crippen molar-refractivity contribution in [3.05, 3.63) is 70.2 Å². The average Bonchev–Trinajstić information content (AvgIpc) is 3.54. The smallest absolute Gasteiger partial charge is 0.267 e. The number of benzene rings is 1. The number of aromatic nitrogens is 1. The van der Waals surface area contributed by atoms with Crippen molar-refractivity contribution in [2.45, 2.75) is 70.8 Å². The van der Waals surface area contributed by atoms with Crippen molar-refractivity contribution in [1.82, 2.24) is 10.3 Å². The molecule has 0 radical (unpaired) electrons. The number of ether oxygens (including phenoxy) is 1. The van der Waals surface area contributed by atoms with E-state index in [1.54, 1.807) is 0 Å². The van der Waals surface area contributed by atoms with E-state index in [1.165, 1.54) is 24.0 Å². The number of hydrogen-bond acceptors (Lipinski definition) is 3. The van der Waals surface area contributed by atoms with Gasteiger partial charge in [0, 0.05) is 29.3 Å². The summed E-state index contributed by atoms with van der Waals surface area (Å²) in [5.74, 6) is 1.50. The molecule has 1 fully saturated rings. The maximum Gasteiger partial charge on any atom is 0.267 e. The molecule has 0 bridgehead atoms. The van der Waals surface area contributed by atoms with Crippen molar-refractivity contribution < 1.29 is 9.53 Å². The third kappa shape index (κ3) is 4.62. The van der Waals surface area contributed by atoms with Crippen molar-refractivity contribution in [1.29, 1.82) is 0 Å². The van der Waals surface area contributed by atoms with Crippen LogP contribution >= 0.6 is 12.2 Å². The van der Waals surface area contributed by atoms with E-state index in [0.29, 0.717) is 24.3 Å².